The molecule has 45 heteroatoms. The van der Waals surface area contributed by atoms with Gasteiger partial charge in [0.1, 0.15) is 23.1 Å². The van der Waals surface area contributed by atoms with E-state index in [2.05, 4.69) is 31.7 Å². The Balaban J connectivity index is -0.00000132. The van der Waals surface area contributed by atoms with Gasteiger partial charge in [-0.1, -0.05) is 83.9 Å². The number of aliphatic hydroxyl groups excluding tert-OH is 1. The molecular formula is C53H45Cl2F22N4O13S3Yb. The van der Waals surface area contributed by atoms with Gasteiger partial charge in [-0.25, -0.2) is 8.78 Å². The average molecular weight is 1700 g/mol. The van der Waals surface area contributed by atoms with Gasteiger partial charge in [0.05, 0.1) is 45.0 Å². The van der Waals surface area contributed by atoms with E-state index in [1.807, 2.05) is 18.2 Å². The molecule has 1 aliphatic rings. The minimum atomic E-state index is -4.94. The summed E-state index contributed by atoms with van der Waals surface area (Å²) in [7, 11) is -9.33. The summed E-state index contributed by atoms with van der Waals surface area (Å²) >= 11 is 11.9. The van der Waals surface area contributed by atoms with Crippen LogP contribution in [0.25, 0.3) is 0 Å². The van der Waals surface area contributed by atoms with Crippen LogP contribution in [0.15, 0.2) is 134 Å². The Bertz CT molecular complexity index is 3490. The number of pyridine rings is 2. The van der Waals surface area contributed by atoms with Crippen LogP contribution in [-0.4, -0.2) is 123 Å². The molecule has 2 aromatic heterocycles. The van der Waals surface area contributed by atoms with Crippen molar-refractivity contribution in [2.24, 2.45) is 5.73 Å². The number of nitrogens with two attached hydrogens (primary N) is 1. The number of nitrogens with one attached hydrogen (secondary N) is 1. The van der Waals surface area contributed by atoms with Crippen molar-refractivity contribution in [1.82, 2.24) is 15.3 Å². The molecule has 0 spiro atoms. The number of benzene rings is 4. The Morgan fingerprint density at radius 1 is 0.571 bits per heavy atom. The molecule has 1 unspecified atom stereocenters. The first-order valence-corrected chi connectivity index (χ1v) is 28.7. The molecular weight excluding hydrogens is 1660 g/mol. The molecule has 1 radical (unpaired) electrons. The van der Waals surface area contributed by atoms with Crippen LogP contribution in [0.5, 0.6) is 11.5 Å². The third kappa shape index (κ3) is 42.9. The fourth-order valence-electron chi connectivity index (χ4n) is 7.27. The summed E-state index contributed by atoms with van der Waals surface area (Å²) in [4.78, 5) is 8.56. The van der Waals surface area contributed by atoms with Crippen LogP contribution < -0.4 is 20.5 Å². The molecule has 1 fully saturated rings. The van der Waals surface area contributed by atoms with Gasteiger partial charge in [-0.15, -0.1) is 37.9 Å². The molecule has 7 rings (SSSR count). The van der Waals surface area contributed by atoms with Crippen molar-refractivity contribution in [2.75, 3.05) is 26.2 Å². The largest absolute Gasteiger partial charge is 3.00 e. The van der Waals surface area contributed by atoms with Crippen molar-refractivity contribution in [3.8, 4) is 11.5 Å². The fourth-order valence-corrected chi connectivity index (χ4v) is 7.49. The molecule has 555 valence electrons. The first-order chi connectivity index (χ1) is 44.7. The van der Waals surface area contributed by atoms with E-state index in [9.17, 15) is 102 Å². The van der Waals surface area contributed by atoms with E-state index in [-0.39, 0.29) is 88.2 Å². The zero-order valence-corrected chi connectivity index (χ0v) is 53.8. The van der Waals surface area contributed by atoms with Crippen LogP contribution in [-0.2, 0) is 60.2 Å². The van der Waals surface area contributed by atoms with Crippen LogP contribution in [0.4, 0.5) is 96.6 Å². The Labute approximate surface area is 593 Å². The van der Waals surface area contributed by atoms with Gasteiger partial charge in [-0.05, 0) is 90.6 Å². The van der Waals surface area contributed by atoms with E-state index in [0.717, 1.165) is 36.4 Å². The van der Waals surface area contributed by atoms with Crippen LogP contribution in [0, 0.1) is 78.6 Å². The summed E-state index contributed by atoms with van der Waals surface area (Å²) in [5.74, 6) is -3.77. The van der Waals surface area contributed by atoms with Crippen molar-refractivity contribution < 1.29 is 201 Å². The molecule has 1 saturated heterocycles. The van der Waals surface area contributed by atoms with Crippen molar-refractivity contribution >= 4 is 55.0 Å². The van der Waals surface area contributed by atoms with Crippen LogP contribution >= 0.6 is 23.2 Å². The maximum absolute atomic E-state index is 14.7. The van der Waals surface area contributed by atoms with E-state index >= 15 is 0 Å². The molecule has 17 nitrogen and oxygen atoms in total. The van der Waals surface area contributed by atoms with E-state index in [1.165, 1.54) is 24.5 Å². The fraction of sp³-hybridized carbons (Fsp3) is 0.302. The number of epoxide rings is 1. The van der Waals surface area contributed by atoms with E-state index in [0.29, 0.717) is 34.5 Å². The predicted octanol–water partition coefficient (Wildman–Crippen LogP) is 13.2. The summed E-state index contributed by atoms with van der Waals surface area (Å²) in [5, 5.41) is 12.5. The van der Waals surface area contributed by atoms with E-state index < -0.39 is 136 Å². The number of nitrogens with zero attached hydrogens (tertiary/aromatic N) is 2. The Morgan fingerprint density at radius 2 is 0.867 bits per heavy atom. The molecule has 1 aliphatic heterocycles. The molecule has 98 heavy (non-hydrogen) atoms. The predicted molar refractivity (Wildman–Crippen MR) is 294 cm³/mol. The van der Waals surface area contributed by atoms with Gasteiger partial charge in [-0.3, -0.25) is 9.97 Å². The zero-order valence-electron chi connectivity index (χ0n) is 48.1. The standard InChI is InChI=1S/C25H21ClF8N2O2.C22H18ClF5N2O.C3H6O.3CF3.3O3S.Yb/c26-17-6-7-20(36-12-17)23(11-15-4-2-1-3-5-15,14-35-13-21(37)24(30,31)32)16-8-18(27)10-19(9-16)38-25(33,34)22(28)29;23-16-6-7-19(30-12-16)21(13-29,11-14-4-2-1-3-5-14)15-8-17(24)10-18(9-15)31-22(27,28)20(25)26;1-3-2-4-3;3*2-1(3)4;3*1-4(2)3;/h1-10,12,21-22,35,37H,11,13-14H2;1-10,12,20H,11,13,29H2;3H,2H2,1H3;;;;;;;/q;;;3*-1;;;;+3/t21-,23+;21-;;;;;;;;/m10......../s1. The normalized spacial score (nSPS) is 13.6. The van der Waals surface area contributed by atoms with Crippen LogP contribution in [0.2, 0.25) is 10.0 Å². The second-order valence-corrected chi connectivity index (χ2v) is 19.9. The number of aliphatic hydroxyl groups is 1. The van der Waals surface area contributed by atoms with Crippen LogP contribution in [0.1, 0.15) is 40.6 Å². The molecule has 4 N–H and O–H groups in total. The van der Waals surface area contributed by atoms with Gasteiger partial charge in [0, 0.05) is 44.2 Å². The van der Waals surface area contributed by atoms with E-state index in [1.54, 1.807) is 54.6 Å². The number of rotatable bonds is 19. The summed E-state index contributed by atoms with van der Waals surface area (Å²) in [6, 6.07) is 28.5. The molecule has 4 atom stereocenters. The van der Waals surface area contributed by atoms with Gasteiger partial charge >= 0.3 is 110 Å². The molecule has 0 bridgehead atoms. The number of ether oxygens (including phenoxy) is 3. The molecule has 0 saturated carbocycles. The molecule has 3 heterocycles. The molecule has 6 aromatic rings. The van der Waals surface area contributed by atoms with Crippen LogP contribution in [0.3, 0.4) is 0 Å². The number of hydrogen-bond acceptors (Lipinski definition) is 17. The van der Waals surface area contributed by atoms with Gasteiger partial charge in [-0.2, -0.15) is 48.3 Å². The average Bonchev–Trinajstić information content (AvgIpc) is 1.63. The second kappa shape index (κ2) is 48.0. The number of alkyl halides is 11. The molecule has 0 amide bonds. The van der Waals surface area contributed by atoms with E-state index in [4.69, 9.17) is 71.6 Å². The third-order valence-corrected chi connectivity index (χ3v) is 11.4. The Morgan fingerprint density at radius 3 is 1.13 bits per heavy atom. The maximum atomic E-state index is 14.7. The minimum Gasteiger partial charge on any atom is -0.428 e. The smallest absolute Gasteiger partial charge is 0.428 e. The second-order valence-electron chi connectivity index (χ2n) is 17.8. The monoisotopic (exact) mass is 1700 g/mol. The summed E-state index contributed by atoms with van der Waals surface area (Å²) in [5.41, 5.74) is 5.35. The molecule has 0 aliphatic carbocycles. The first-order valence-electron chi connectivity index (χ1n) is 24.9. The van der Waals surface area contributed by atoms with Gasteiger partial charge in [0.25, 0.3) is 0 Å². The topological polar surface area (TPSA) is 269 Å². The SMILES string of the molecule is CC1CO1.F[C-](F)F.F[C-](F)F.F[C-](F)F.NC[C@@](Cc1ccccc1)(c1cc(F)cc(OC(F)(F)C(F)F)c1)c1ccc(Cl)cn1.O=S(=O)=O.O=S(=O)=O.O=S(=O)=O.O[C@H](CNC[C@@](Cc1ccccc1)(c1cc(F)cc(OC(F)(F)C(F)F)c1)c1ccc(Cl)cn1)C(F)(F)F.[Yb+3]. The Kier molecular flexibility index (Phi) is 47.1. The quantitative estimate of drug-likeness (QED) is 0.0386. The minimum absolute atomic E-state index is 0. The number of aromatic nitrogens is 2. The number of hydrogen-bond donors (Lipinski definition) is 3. The summed E-state index contributed by atoms with van der Waals surface area (Å²) in [6.07, 6.45) is -22.3. The maximum Gasteiger partial charge on any atom is 3.00 e. The van der Waals surface area contributed by atoms with Gasteiger partial charge in [0.2, 0.25) is 0 Å². The first kappa shape index (κ1) is 96.2. The number of halogens is 24. The van der Waals surface area contributed by atoms with Crippen molar-refractivity contribution in [1.29, 1.82) is 0 Å². The zero-order chi connectivity index (χ0) is 75.2. The van der Waals surface area contributed by atoms with Crippen molar-refractivity contribution in [3.63, 3.8) is 0 Å². The summed E-state index contributed by atoms with van der Waals surface area (Å²) in [6.45, 7) is -7.68. The van der Waals surface area contributed by atoms with Gasteiger partial charge in [0.15, 0.2) is 26.1 Å². The summed E-state index contributed by atoms with van der Waals surface area (Å²) < 4.78 is 348. The molecule has 4 aromatic carbocycles. The van der Waals surface area contributed by atoms with Crippen molar-refractivity contribution in [3.05, 3.63) is 209 Å². The van der Waals surface area contributed by atoms with Gasteiger partial charge < -0.3 is 69.9 Å². The Hall–Kier alpha value is -5.96. The van der Waals surface area contributed by atoms with Crippen molar-refractivity contribution in [2.45, 2.75) is 74.0 Å². The third-order valence-electron chi connectivity index (χ3n) is 11.0.